The van der Waals surface area contributed by atoms with Gasteiger partial charge in [0.2, 0.25) is 0 Å². The highest BCUT2D eigenvalue weighted by Gasteiger charge is 2.22. The number of benzene rings is 1. The molecule has 2 rings (SSSR count). The average Bonchev–Trinajstić information content (AvgIpc) is 2.74. The van der Waals surface area contributed by atoms with Crippen LogP contribution in [0.4, 0.5) is 5.69 Å². The molecule has 1 aromatic heterocycles. The molecule has 19 heavy (non-hydrogen) atoms. The van der Waals surface area contributed by atoms with Crippen molar-refractivity contribution in [3.63, 3.8) is 0 Å². The Hall–Kier alpha value is -1.08. The van der Waals surface area contributed by atoms with Crippen molar-refractivity contribution in [1.82, 2.24) is 15.2 Å². The fourth-order valence-corrected chi connectivity index (χ4v) is 2.74. The van der Waals surface area contributed by atoms with Gasteiger partial charge >= 0.3 is 0 Å². The number of hydrogen-bond acceptors (Lipinski definition) is 4. The maximum Gasteiger partial charge on any atom is 0.0909 e. The first-order valence-corrected chi connectivity index (χ1v) is 6.97. The second-order valence-corrected chi connectivity index (χ2v) is 5.36. The molecular weight excluding hydrogens is 330 g/mol. The minimum absolute atomic E-state index is 0.255. The van der Waals surface area contributed by atoms with E-state index in [1.807, 2.05) is 17.7 Å². The van der Waals surface area contributed by atoms with Crippen molar-refractivity contribution < 1.29 is 0 Å². The van der Waals surface area contributed by atoms with E-state index in [4.69, 9.17) is 23.2 Å². The molecular formula is C12H15BrClN5. The van der Waals surface area contributed by atoms with Gasteiger partial charge < -0.3 is 5.73 Å². The topological polar surface area (TPSA) is 81.9 Å². The molecule has 102 valence electrons. The standard InChI is InChI=1S/C12H15BrClN5/c1-2-19-12(9(13)6-17-19)11(18-16)8-4-3-7(14)5-10(8)15/h3-6,11,18H,2,15-16H2,1H3. The van der Waals surface area contributed by atoms with Crippen LogP contribution >= 0.6 is 27.5 Å². The smallest absolute Gasteiger partial charge is 0.0909 e. The number of nitrogens with zero attached hydrogens (tertiary/aromatic N) is 2. The van der Waals surface area contributed by atoms with Gasteiger partial charge in [0.25, 0.3) is 0 Å². The second kappa shape index (κ2) is 5.92. The van der Waals surface area contributed by atoms with Crippen LogP contribution in [0.1, 0.15) is 24.2 Å². The largest absolute Gasteiger partial charge is 0.398 e. The van der Waals surface area contributed by atoms with Gasteiger partial charge in [-0.1, -0.05) is 17.7 Å². The Balaban J connectivity index is 2.52. The van der Waals surface area contributed by atoms with Gasteiger partial charge in [-0.05, 0) is 40.5 Å². The quantitative estimate of drug-likeness (QED) is 0.452. The lowest BCUT2D eigenvalue weighted by Crippen LogP contribution is -2.31. The minimum atomic E-state index is -0.255. The number of rotatable bonds is 4. The number of nitrogens with two attached hydrogens (primary N) is 2. The van der Waals surface area contributed by atoms with Gasteiger partial charge in [-0.2, -0.15) is 5.10 Å². The average molecular weight is 345 g/mol. The lowest BCUT2D eigenvalue weighted by molar-refractivity contribution is 0.543. The van der Waals surface area contributed by atoms with Crippen LogP contribution in [0.25, 0.3) is 0 Å². The molecule has 0 saturated carbocycles. The summed E-state index contributed by atoms with van der Waals surface area (Å²) in [4.78, 5) is 0. The third kappa shape index (κ3) is 2.76. The summed E-state index contributed by atoms with van der Waals surface area (Å²) in [5.74, 6) is 5.69. The molecule has 7 heteroatoms. The number of halogens is 2. The van der Waals surface area contributed by atoms with Gasteiger partial charge in [-0.25, -0.2) is 5.43 Å². The molecule has 0 saturated heterocycles. The van der Waals surface area contributed by atoms with Crippen LogP contribution in [0.3, 0.4) is 0 Å². The fraction of sp³-hybridized carbons (Fsp3) is 0.250. The Bertz CT molecular complexity index is 583. The molecule has 0 aliphatic carbocycles. The van der Waals surface area contributed by atoms with E-state index in [1.54, 1.807) is 18.3 Å². The summed E-state index contributed by atoms with van der Waals surface area (Å²) in [7, 11) is 0. The first kappa shape index (κ1) is 14.3. The van der Waals surface area contributed by atoms with Crippen LogP contribution in [0.15, 0.2) is 28.9 Å². The monoisotopic (exact) mass is 343 g/mol. The molecule has 0 amide bonds. The maximum absolute atomic E-state index is 6.02. The van der Waals surface area contributed by atoms with Crippen molar-refractivity contribution in [3.8, 4) is 0 Å². The van der Waals surface area contributed by atoms with Crippen LogP contribution < -0.4 is 17.0 Å². The van der Waals surface area contributed by atoms with Gasteiger partial charge in [0.15, 0.2) is 0 Å². The lowest BCUT2D eigenvalue weighted by atomic mass is 10.0. The number of nitrogen functional groups attached to an aromatic ring is 1. The highest BCUT2D eigenvalue weighted by molar-refractivity contribution is 9.10. The number of aryl methyl sites for hydroxylation is 1. The number of hydrogen-bond donors (Lipinski definition) is 3. The van der Waals surface area contributed by atoms with Crippen molar-refractivity contribution in [2.75, 3.05) is 5.73 Å². The molecule has 1 unspecified atom stereocenters. The van der Waals surface area contributed by atoms with E-state index in [0.29, 0.717) is 10.7 Å². The number of hydrazine groups is 1. The Morgan fingerprint density at radius 1 is 1.53 bits per heavy atom. The van der Waals surface area contributed by atoms with Crippen LogP contribution in [0.2, 0.25) is 5.02 Å². The summed E-state index contributed by atoms with van der Waals surface area (Å²) in [6.45, 7) is 2.76. The van der Waals surface area contributed by atoms with E-state index in [2.05, 4.69) is 26.5 Å². The SMILES string of the molecule is CCn1ncc(Br)c1C(NN)c1ccc(Cl)cc1N. The summed E-state index contributed by atoms with van der Waals surface area (Å²) in [6, 6.07) is 5.11. The van der Waals surface area contributed by atoms with E-state index in [1.165, 1.54) is 0 Å². The molecule has 1 atom stereocenters. The van der Waals surface area contributed by atoms with Crippen molar-refractivity contribution in [2.24, 2.45) is 5.84 Å². The fourth-order valence-electron chi connectivity index (χ4n) is 2.04. The molecule has 0 aliphatic rings. The highest BCUT2D eigenvalue weighted by Crippen LogP contribution is 2.32. The zero-order chi connectivity index (χ0) is 14.0. The van der Waals surface area contributed by atoms with Gasteiger partial charge in [0.1, 0.15) is 0 Å². The zero-order valence-corrected chi connectivity index (χ0v) is 12.7. The molecule has 1 heterocycles. The zero-order valence-electron chi connectivity index (χ0n) is 10.4. The first-order chi connectivity index (χ1) is 9.08. The minimum Gasteiger partial charge on any atom is -0.398 e. The highest BCUT2D eigenvalue weighted by atomic mass is 79.9. The van der Waals surface area contributed by atoms with Crippen molar-refractivity contribution in [1.29, 1.82) is 0 Å². The van der Waals surface area contributed by atoms with E-state index in [-0.39, 0.29) is 6.04 Å². The van der Waals surface area contributed by atoms with Crippen LogP contribution in [-0.2, 0) is 6.54 Å². The first-order valence-electron chi connectivity index (χ1n) is 5.80. The van der Waals surface area contributed by atoms with Gasteiger partial charge in [0.05, 0.1) is 22.4 Å². The summed E-state index contributed by atoms with van der Waals surface area (Å²) >= 11 is 9.41. The number of anilines is 1. The molecule has 5 nitrogen and oxygen atoms in total. The summed E-state index contributed by atoms with van der Waals surface area (Å²) in [5, 5.41) is 4.88. The van der Waals surface area contributed by atoms with E-state index >= 15 is 0 Å². The molecule has 0 fully saturated rings. The van der Waals surface area contributed by atoms with Gasteiger partial charge in [0, 0.05) is 17.3 Å². The Morgan fingerprint density at radius 3 is 2.84 bits per heavy atom. The third-order valence-corrected chi connectivity index (χ3v) is 3.78. The van der Waals surface area contributed by atoms with Crippen LogP contribution in [0, 0.1) is 0 Å². The molecule has 0 bridgehead atoms. The Labute approximate surface area is 125 Å². The van der Waals surface area contributed by atoms with Crippen molar-refractivity contribution in [3.05, 3.63) is 45.1 Å². The van der Waals surface area contributed by atoms with E-state index in [0.717, 1.165) is 22.3 Å². The molecule has 5 N–H and O–H groups in total. The van der Waals surface area contributed by atoms with Gasteiger partial charge in [-0.15, -0.1) is 0 Å². The second-order valence-electron chi connectivity index (χ2n) is 4.07. The third-order valence-electron chi connectivity index (χ3n) is 2.93. The molecule has 1 aromatic carbocycles. The molecule has 0 spiro atoms. The van der Waals surface area contributed by atoms with Gasteiger partial charge in [-0.3, -0.25) is 10.5 Å². The summed E-state index contributed by atoms with van der Waals surface area (Å²) in [5.41, 5.74) is 11.2. The Morgan fingerprint density at radius 2 is 2.26 bits per heavy atom. The summed E-state index contributed by atoms with van der Waals surface area (Å²) < 4.78 is 2.74. The molecule has 0 radical (unpaired) electrons. The lowest BCUT2D eigenvalue weighted by Gasteiger charge is -2.20. The Kier molecular flexibility index (Phi) is 4.46. The van der Waals surface area contributed by atoms with Crippen LogP contribution in [-0.4, -0.2) is 9.78 Å². The summed E-state index contributed by atoms with van der Waals surface area (Å²) in [6.07, 6.45) is 1.75. The number of nitrogens with one attached hydrogen (secondary N) is 1. The van der Waals surface area contributed by atoms with Crippen molar-refractivity contribution >= 4 is 33.2 Å². The van der Waals surface area contributed by atoms with Crippen LogP contribution in [0.5, 0.6) is 0 Å². The molecule has 2 aromatic rings. The predicted octanol–water partition coefficient (Wildman–Crippen LogP) is 2.45. The van der Waals surface area contributed by atoms with Crippen molar-refractivity contribution in [2.45, 2.75) is 19.5 Å². The van der Waals surface area contributed by atoms with E-state index < -0.39 is 0 Å². The number of aromatic nitrogens is 2. The maximum atomic E-state index is 6.02. The van der Waals surface area contributed by atoms with E-state index in [9.17, 15) is 0 Å². The predicted molar refractivity (Wildman–Crippen MR) is 80.6 cm³/mol. The molecule has 0 aliphatic heterocycles. The normalized spacial score (nSPS) is 12.6.